The fraction of sp³-hybridized carbons (Fsp3) is 0.688. The number of nitrogens with zero attached hydrogens (tertiary/aromatic N) is 3. The number of amides is 1. The molecule has 8 nitrogen and oxygen atoms in total. The Bertz CT molecular complexity index is 499. The average Bonchev–Trinajstić information content (AvgIpc) is 2.99. The summed E-state index contributed by atoms with van der Waals surface area (Å²) in [5, 5.41) is 13.2. The van der Waals surface area contributed by atoms with E-state index in [2.05, 4.69) is 26.0 Å². The first-order chi connectivity index (χ1) is 11.4. The lowest BCUT2D eigenvalue weighted by molar-refractivity contribution is 0.0529. The summed E-state index contributed by atoms with van der Waals surface area (Å²) in [7, 11) is 0. The standard InChI is InChI=1S/C16H30N6O2.HI/c1-5-17-14(18-8-6-12-22-13-7-9-21-22)19-10-11-20-15(23)24-16(2,3)4;/h7,9,13H,5-6,8,10-12H2,1-4H3,(H,20,23)(H2,17,18,19);1H. The Kier molecular flexibility index (Phi) is 12.0. The predicted molar refractivity (Wildman–Crippen MR) is 110 cm³/mol. The van der Waals surface area contributed by atoms with Gasteiger partial charge in [-0.3, -0.25) is 9.67 Å². The molecule has 0 fully saturated rings. The van der Waals surface area contributed by atoms with Crippen molar-refractivity contribution in [2.24, 2.45) is 4.99 Å². The van der Waals surface area contributed by atoms with Crippen LogP contribution in [-0.4, -0.2) is 53.6 Å². The molecule has 3 N–H and O–H groups in total. The van der Waals surface area contributed by atoms with Gasteiger partial charge in [0.05, 0.1) is 0 Å². The van der Waals surface area contributed by atoms with Gasteiger partial charge < -0.3 is 20.7 Å². The van der Waals surface area contributed by atoms with Crippen molar-refractivity contribution >= 4 is 36.0 Å². The highest BCUT2D eigenvalue weighted by molar-refractivity contribution is 14.0. The van der Waals surface area contributed by atoms with Crippen molar-refractivity contribution in [3.05, 3.63) is 18.5 Å². The molecule has 0 bridgehead atoms. The second kappa shape index (κ2) is 12.8. The number of aryl methyl sites for hydroxylation is 1. The molecule has 0 aliphatic heterocycles. The van der Waals surface area contributed by atoms with Crippen LogP contribution in [0.4, 0.5) is 4.79 Å². The number of hydrogen-bond acceptors (Lipinski definition) is 4. The minimum absolute atomic E-state index is 0. The van der Waals surface area contributed by atoms with Crippen molar-refractivity contribution in [3.63, 3.8) is 0 Å². The summed E-state index contributed by atoms with van der Waals surface area (Å²) in [5.74, 6) is 0.740. The first-order valence-corrected chi connectivity index (χ1v) is 8.37. The molecule has 0 saturated heterocycles. The third-order valence-electron chi connectivity index (χ3n) is 2.80. The van der Waals surface area contributed by atoms with E-state index in [1.54, 1.807) is 6.20 Å². The number of rotatable bonds is 8. The molecular formula is C16H31IN6O2. The fourth-order valence-corrected chi connectivity index (χ4v) is 1.86. The number of halogens is 1. The lowest BCUT2D eigenvalue weighted by atomic mass is 10.2. The molecule has 9 heteroatoms. The molecule has 1 rings (SSSR count). The van der Waals surface area contributed by atoms with E-state index in [9.17, 15) is 4.79 Å². The maximum Gasteiger partial charge on any atom is 0.407 e. The van der Waals surface area contributed by atoms with Crippen LogP contribution in [0.5, 0.6) is 0 Å². The van der Waals surface area contributed by atoms with Crippen LogP contribution in [0.1, 0.15) is 34.1 Å². The van der Waals surface area contributed by atoms with Gasteiger partial charge in [-0.05, 0) is 40.2 Å². The number of carbonyl (C=O) groups excluding carboxylic acids is 1. The van der Waals surface area contributed by atoms with Gasteiger partial charge in [0.2, 0.25) is 0 Å². The van der Waals surface area contributed by atoms with Gasteiger partial charge in [-0.2, -0.15) is 5.10 Å². The molecule has 0 unspecified atom stereocenters. The van der Waals surface area contributed by atoms with E-state index < -0.39 is 11.7 Å². The molecule has 25 heavy (non-hydrogen) atoms. The van der Waals surface area contributed by atoms with Gasteiger partial charge in [0.15, 0.2) is 5.96 Å². The molecule has 0 aliphatic rings. The van der Waals surface area contributed by atoms with Crippen LogP contribution < -0.4 is 16.0 Å². The lowest BCUT2D eigenvalue weighted by Gasteiger charge is -2.19. The van der Waals surface area contributed by atoms with Gasteiger partial charge in [-0.15, -0.1) is 24.0 Å². The fourth-order valence-electron chi connectivity index (χ4n) is 1.86. The molecule has 0 aromatic carbocycles. The molecular weight excluding hydrogens is 435 g/mol. The summed E-state index contributed by atoms with van der Waals surface area (Å²) < 4.78 is 7.06. The normalized spacial score (nSPS) is 11.4. The highest BCUT2D eigenvalue weighted by Crippen LogP contribution is 2.05. The summed E-state index contributed by atoms with van der Waals surface area (Å²) in [6.45, 7) is 10.9. The average molecular weight is 466 g/mol. The summed E-state index contributed by atoms with van der Waals surface area (Å²) in [6.07, 6.45) is 4.21. The third-order valence-corrected chi connectivity index (χ3v) is 2.80. The zero-order valence-electron chi connectivity index (χ0n) is 15.5. The number of nitrogens with one attached hydrogen (secondary N) is 3. The van der Waals surface area contributed by atoms with Gasteiger partial charge in [-0.25, -0.2) is 4.79 Å². The number of alkyl carbamates (subject to hydrolysis) is 1. The van der Waals surface area contributed by atoms with Crippen LogP contribution in [0.15, 0.2) is 23.5 Å². The molecule has 1 amide bonds. The Morgan fingerprint density at radius 2 is 1.96 bits per heavy atom. The van der Waals surface area contributed by atoms with Crippen LogP contribution in [0.2, 0.25) is 0 Å². The van der Waals surface area contributed by atoms with Crippen molar-refractivity contribution in [1.29, 1.82) is 0 Å². The minimum Gasteiger partial charge on any atom is -0.444 e. The molecule has 1 heterocycles. The van der Waals surface area contributed by atoms with Crippen LogP contribution in [-0.2, 0) is 11.3 Å². The Morgan fingerprint density at radius 3 is 2.56 bits per heavy atom. The van der Waals surface area contributed by atoms with E-state index in [-0.39, 0.29) is 24.0 Å². The summed E-state index contributed by atoms with van der Waals surface area (Å²) in [5.41, 5.74) is -0.484. The van der Waals surface area contributed by atoms with E-state index in [1.165, 1.54) is 0 Å². The molecule has 0 atom stereocenters. The third kappa shape index (κ3) is 12.5. The summed E-state index contributed by atoms with van der Waals surface area (Å²) in [6, 6.07) is 1.91. The van der Waals surface area contributed by atoms with Crippen molar-refractivity contribution in [3.8, 4) is 0 Å². The highest BCUT2D eigenvalue weighted by Gasteiger charge is 2.15. The first-order valence-electron chi connectivity index (χ1n) is 8.37. The number of carbonyl (C=O) groups is 1. The van der Waals surface area contributed by atoms with E-state index in [0.29, 0.717) is 19.6 Å². The first kappa shape index (κ1) is 23.5. The van der Waals surface area contributed by atoms with Crippen LogP contribution in [0, 0.1) is 0 Å². The quantitative estimate of drug-likeness (QED) is 0.236. The molecule has 0 aliphatic carbocycles. The van der Waals surface area contributed by atoms with Crippen LogP contribution in [0.3, 0.4) is 0 Å². The van der Waals surface area contributed by atoms with Crippen molar-refractivity contribution in [2.45, 2.75) is 46.3 Å². The SMILES string of the molecule is CCNC(=NCCCn1cccn1)NCCNC(=O)OC(C)(C)C.I. The van der Waals surface area contributed by atoms with E-state index >= 15 is 0 Å². The smallest absolute Gasteiger partial charge is 0.407 e. The molecule has 0 spiro atoms. The molecule has 0 radical (unpaired) electrons. The van der Waals surface area contributed by atoms with Crippen LogP contribution >= 0.6 is 24.0 Å². The van der Waals surface area contributed by atoms with Gasteiger partial charge in [0.1, 0.15) is 5.60 Å². The van der Waals surface area contributed by atoms with Gasteiger partial charge >= 0.3 is 6.09 Å². The zero-order chi connectivity index (χ0) is 17.8. The molecule has 0 saturated carbocycles. The minimum atomic E-state index is -0.484. The monoisotopic (exact) mass is 466 g/mol. The Morgan fingerprint density at radius 1 is 1.24 bits per heavy atom. The largest absolute Gasteiger partial charge is 0.444 e. The second-order valence-electron chi connectivity index (χ2n) is 6.24. The predicted octanol–water partition coefficient (Wildman–Crippen LogP) is 1.97. The summed E-state index contributed by atoms with van der Waals surface area (Å²) >= 11 is 0. The number of ether oxygens (including phenoxy) is 1. The van der Waals surface area contributed by atoms with Crippen molar-refractivity contribution in [2.75, 3.05) is 26.2 Å². The van der Waals surface area contributed by atoms with E-state index in [0.717, 1.165) is 25.5 Å². The van der Waals surface area contributed by atoms with Crippen LogP contribution in [0.25, 0.3) is 0 Å². The van der Waals surface area contributed by atoms with E-state index in [1.807, 2.05) is 44.6 Å². The number of aromatic nitrogens is 2. The molecule has 1 aromatic heterocycles. The Hall–Kier alpha value is -1.52. The topological polar surface area (TPSA) is 92.6 Å². The number of guanidine groups is 1. The number of hydrogen-bond donors (Lipinski definition) is 3. The molecule has 144 valence electrons. The maximum absolute atomic E-state index is 11.5. The van der Waals surface area contributed by atoms with Crippen molar-refractivity contribution < 1.29 is 9.53 Å². The maximum atomic E-state index is 11.5. The van der Waals surface area contributed by atoms with Gasteiger partial charge in [-0.1, -0.05) is 0 Å². The van der Waals surface area contributed by atoms with Gasteiger partial charge in [0, 0.05) is 45.1 Å². The Balaban J connectivity index is 0.00000576. The van der Waals surface area contributed by atoms with Gasteiger partial charge in [0.25, 0.3) is 0 Å². The second-order valence-corrected chi connectivity index (χ2v) is 6.24. The Labute approximate surface area is 167 Å². The zero-order valence-corrected chi connectivity index (χ0v) is 17.9. The summed E-state index contributed by atoms with van der Waals surface area (Å²) in [4.78, 5) is 16.0. The number of aliphatic imine (C=N–C) groups is 1. The highest BCUT2D eigenvalue weighted by atomic mass is 127. The van der Waals surface area contributed by atoms with Crippen molar-refractivity contribution in [1.82, 2.24) is 25.7 Å². The molecule has 1 aromatic rings. The lowest BCUT2D eigenvalue weighted by Crippen LogP contribution is -2.42. The van der Waals surface area contributed by atoms with E-state index in [4.69, 9.17) is 4.74 Å².